The molecule has 2 aliphatic rings. The van der Waals surface area contributed by atoms with Crippen LogP contribution in [-0.4, -0.2) is 36.4 Å². The highest BCUT2D eigenvalue weighted by atomic mass is 32.1. The third-order valence-corrected chi connectivity index (χ3v) is 6.92. The number of likely N-dealkylation sites (tertiary alicyclic amines) is 1. The normalized spacial score (nSPS) is 30.5. The Hall–Kier alpha value is -0.450. The Kier molecular flexibility index (Phi) is 5.53. The highest BCUT2D eigenvalue weighted by Gasteiger charge is 2.47. The summed E-state index contributed by atoms with van der Waals surface area (Å²) in [5.41, 5.74) is 0.00660. The second-order valence-electron chi connectivity index (χ2n) is 6.80. The molecule has 22 heavy (non-hydrogen) atoms. The highest BCUT2D eigenvalue weighted by molar-refractivity contribution is 7.12. The van der Waals surface area contributed by atoms with E-state index in [9.17, 15) is 9.50 Å². The van der Waals surface area contributed by atoms with Gasteiger partial charge in [0.1, 0.15) is 0 Å². The summed E-state index contributed by atoms with van der Waals surface area (Å²) >= 11 is 1.78. The van der Waals surface area contributed by atoms with Gasteiger partial charge < -0.3 is 5.11 Å². The van der Waals surface area contributed by atoms with Crippen LogP contribution in [0.2, 0.25) is 0 Å². The lowest BCUT2D eigenvalue weighted by Gasteiger charge is -2.52. The summed E-state index contributed by atoms with van der Waals surface area (Å²) in [6.07, 6.45) is 9.12. The van der Waals surface area contributed by atoms with Gasteiger partial charge in [-0.15, -0.1) is 11.3 Å². The van der Waals surface area contributed by atoms with Gasteiger partial charge in [0.15, 0.2) is 0 Å². The van der Waals surface area contributed by atoms with Crippen molar-refractivity contribution in [2.75, 3.05) is 26.4 Å². The molecule has 0 amide bonds. The zero-order valence-corrected chi connectivity index (χ0v) is 14.2. The van der Waals surface area contributed by atoms with E-state index in [4.69, 9.17) is 0 Å². The van der Waals surface area contributed by atoms with Crippen LogP contribution in [0.1, 0.15) is 54.7 Å². The predicted octanol–water partition coefficient (Wildman–Crippen LogP) is 4.12. The first-order valence-electron chi connectivity index (χ1n) is 8.82. The average molecular weight is 324 g/mol. The molecule has 2 nitrogen and oxygen atoms in total. The fourth-order valence-electron chi connectivity index (χ4n) is 4.50. The van der Waals surface area contributed by atoms with E-state index < -0.39 is 0 Å². The van der Waals surface area contributed by atoms with Crippen LogP contribution in [0.4, 0.5) is 4.39 Å². The zero-order valence-electron chi connectivity index (χ0n) is 13.4. The fourth-order valence-corrected chi connectivity index (χ4v) is 5.81. The Labute approximate surface area is 137 Å². The van der Waals surface area contributed by atoms with Gasteiger partial charge in [0.2, 0.25) is 0 Å². The standard InChI is InChI=1S/C18H28FNOS/c19-11-9-16-7-8-17(22-16)18(20-12-4-1-5-13-20)10-3-2-6-15(18)14-21/h7-8,15,21H,1-6,9-14H2/t15-,18-/m0/s1/i19-1. The van der Waals surface area contributed by atoms with E-state index in [0.717, 1.165) is 30.8 Å². The minimum Gasteiger partial charge on any atom is -0.396 e. The number of alkyl halides is 1. The maximum absolute atomic E-state index is 12.7. The van der Waals surface area contributed by atoms with E-state index >= 15 is 0 Å². The number of aryl methyl sites for hydroxylation is 1. The van der Waals surface area contributed by atoms with Gasteiger partial charge in [-0.1, -0.05) is 19.3 Å². The first-order chi connectivity index (χ1) is 10.8. The van der Waals surface area contributed by atoms with Crippen molar-refractivity contribution < 1.29 is 9.50 Å². The van der Waals surface area contributed by atoms with Gasteiger partial charge >= 0.3 is 0 Å². The van der Waals surface area contributed by atoms with Gasteiger partial charge in [-0.3, -0.25) is 9.29 Å². The van der Waals surface area contributed by atoms with Crippen LogP contribution in [0.3, 0.4) is 0 Å². The summed E-state index contributed by atoms with van der Waals surface area (Å²) in [6.45, 7) is 2.28. The molecule has 3 rings (SSSR count). The third-order valence-electron chi connectivity index (χ3n) is 5.61. The van der Waals surface area contributed by atoms with Crippen LogP contribution in [0.5, 0.6) is 0 Å². The van der Waals surface area contributed by atoms with Gasteiger partial charge in [0.05, 0.1) is 12.2 Å². The maximum atomic E-state index is 12.7. The Morgan fingerprint density at radius 1 is 1.18 bits per heavy atom. The molecule has 2 fully saturated rings. The lowest BCUT2D eigenvalue weighted by Crippen LogP contribution is -2.55. The molecule has 2 heterocycles. The quantitative estimate of drug-likeness (QED) is 0.880. The van der Waals surface area contributed by atoms with E-state index in [1.54, 1.807) is 11.3 Å². The molecular formula is C18H28FNOS. The molecular weight excluding hydrogens is 296 g/mol. The highest BCUT2D eigenvalue weighted by Crippen LogP contribution is 2.49. The average Bonchev–Trinajstić information content (AvgIpc) is 3.05. The molecule has 0 spiro atoms. The Morgan fingerprint density at radius 3 is 2.73 bits per heavy atom. The smallest absolute Gasteiger partial charge is 0.0942 e. The largest absolute Gasteiger partial charge is 0.396 e. The SMILES string of the molecule is OC[C@@H]1CCCC[C@]1(c1ccc(CC[18F])s1)N1CCCCC1. The van der Waals surface area contributed by atoms with E-state index in [-0.39, 0.29) is 18.8 Å². The number of aliphatic hydroxyl groups is 1. The molecule has 2 atom stereocenters. The van der Waals surface area contributed by atoms with Crippen LogP contribution in [0.15, 0.2) is 12.1 Å². The maximum Gasteiger partial charge on any atom is 0.0942 e. The first-order valence-corrected chi connectivity index (χ1v) is 9.64. The summed E-state index contributed by atoms with van der Waals surface area (Å²) in [5.74, 6) is 0.330. The second kappa shape index (κ2) is 7.41. The third kappa shape index (κ3) is 2.98. The predicted molar refractivity (Wildman–Crippen MR) is 90.1 cm³/mol. The first kappa shape index (κ1) is 16.4. The molecule has 0 unspecified atom stereocenters. The lowest BCUT2D eigenvalue weighted by molar-refractivity contribution is -0.0360. The van der Waals surface area contributed by atoms with Gasteiger partial charge in [-0.2, -0.15) is 0 Å². The topological polar surface area (TPSA) is 23.5 Å². The molecule has 1 saturated carbocycles. The zero-order chi connectivity index (χ0) is 15.4. The number of halogens is 1. The second-order valence-corrected chi connectivity index (χ2v) is 7.97. The van der Waals surface area contributed by atoms with Crippen LogP contribution in [-0.2, 0) is 12.0 Å². The number of hydrogen-bond acceptors (Lipinski definition) is 3. The fraction of sp³-hybridized carbons (Fsp3) is 0.778. The molecule has 1 aliphatic carbocycles. The number of hydrogen-bond donors (Lipinski definition) is 1. The van der Waals surface area contributed by atoms with E-state index in [2.05, 4.69) is 17.0 Å². The van der Waals surface area contributed by atoms with Crippen molar-refractivity contribution in [3.8, 4) is 0 Å². The van der Waals surface area contributed by atoms with Crippen molar-refractivity contribution in [1.82, 2.24) is 4.90 Å². The Bertz CT molecular complexity index is 471. The molecule has 1 aromatic heterocycles. The van der Waals surface area contributed by atoms with Crippen LogP contribution >= 0.6 is 11.3 Å². The van der Waals surface area contributed by atoms with E-state index in [0.29, 0.717) is 12.3 Å². The molecule has 0 radical (unpaired) electrons. The summed E-state index contributed by atoms with van der Waals surface area (Å²) in [7, 11) is 0. The summed E-state index contributed by atoms with van der Waals surface area (Å²) in [4.78, 5) is 5.18. The number of nitrogens with zero attached hydrogens (tertiary/aromatic N) is 1. The minimum atomic E-state index is -0.278. The summed E-state index contributed by atoms with van der Waals surface area (Å²) in [5, 5.41) is 10.0. The van der Waals surface area contributed by atoms with Gasteiger partial charge in [-0.05, 0) is 50.9 Å². The van der Waals surface area contributed by atoms with Gasteiger partial charge in [0.25, 0.3) is 0 Å². The minimum absolute atomic E-state index is 0.00660. The molecule has 1 saturated heterocycles. The molecule has 1 aromatic rings. The van der Waals surface area contributed by atoms with Gasteiger partial charge in [-0.25, -0.2) is 0 Å². The van der Waals surface area contributed by atoms with Crippen molar-refractivity contribution in [3.05, 3.63) is 21.9 Å². The van der Waals surface area contributed by atoms with Crippen molar-refractivity contribution in [2.24, 2.45) is 5.92 Å². The lowest BCUT2D eigenvalue weighted by atomic mass is 9.70. The number of rotatable bonds is 5. The van der Waals surface area contributed by atoms with Crippen molar-refractivity contribution in [2.45, 2.75) is 56.9 Å². The molecule has 0 bridgehead atoms. The summed E-state index contributed by atoms with van der Waals surface area (Å²) < 4.78 is 12.7. The molecule has 124 valence electrons. The number of aliphatic hydroxyl groups excluding tert-OH is 1. The van der Waals surface area contributed by atoms with Crippen molar-refractivity contribution in [1.29, 1.82) is 0 Å². The van der Waals surface area contributed by atoms with Crippen LogP contribution < -0.4 is 0 Å². The molecule has 4 heteroatoms. The van der Waals surface area contributed by atoms with Crippen LogP contribution in [0.25, 0.3) is 0 Å². The van der Waals surface area contributed by atoms with Gasteiger partial charge in [0, 0.05) is 28.7 Å². The summed E-state index contributed by atoms with van der Waals surface area (Å²) in [6, 6.07) is 4.33. The molecule has 1 N–H and O–H groups in total. The molecule has 1 aliphatic heterocycles. The monoisotopic (exact) mass is 324 g/mol. The number of piperidine rings is 1. The van der Waals surface area contributed by atoms with Crippen molar-refractivity contribution in [3.63, 3.8) is 0 Å². The Balaban J connectivity index is 1.96. The Morgan fingerprint density at radius 2 is 2.00 bits per heavy atom. The van der Waals surface area contributed by atoms with Crippen molar-refractivity contribution >= 4 is 11.3 Å². The number of thiophene rings is 1. The van der Waals surface area contributed by atoms with Crippen LogP contribution in [0, 0.1) is 5.92 Å². The molecule has 0 aromatic carbocycles. The van der Waals surface area contributed by atoms with E-state index in [1.807, 2.05) is 0 Å². The van der Waals surface area contributed by atoms with E-state index in [1.165, 1.54) is 37.0 Å².